The highest BCUT2D eigenvalue weighted by molar-refractivity contribution is 5.84. The summed E-state index contributed by atoms with van der Waals surface area (Å²) in [5.41, 5.74) is 1.75. The number of ether oxygens (including phenoxy) is 1. The summed E-state index contributed by atoms with van der Waals surface area (Å²) >= 11 is 0. The lowest BCUT2D eigenvalue weighted by atomic mass is 10.1. The van der Waals surface area contributed by atoms with E-state index in [1.807, 2.05) is 25.2 Å². The fraction of sp³-hybridized carbons (Fsp3) is 0.316. The van der Waals surface area contributed by atoms with Crippen LogP contribution in [0.1, 0.15) is 12.0 Å². The normalized spacial score (nSPS) is 10.5. The maximum Gasteiger partial charge on any atom is 0.411 e. The first-order valence-electron chi connectivity index (χ1n) is 8.45. The second-order valence-electron chi connectivity index (χ2n) is 5.96. The van der Waals surface area contributed by atoms with Crippen molar-refractivity contribution < 1.29 is 14.5 Å². The molecule has 0 atom stereocenters. The van der Waals surface area contributed by atoms with Crippen LogP contribution in [0.15, 0.2) is 54.6 Å². The first-order valence-corrected chi connectivity index (χ1v) is 8.45. The molecule has 7 nitrogen and oxygen atoms in total. The summed E-state index contributed by atoms with van der Waals surface area (Å²) in [4.78, 5) is 23.9. The highest BCUT2D eigenvalue weighted by atomic mass is 16.6. The van der Waals surface area contributed by atoms with Gasteiger partial charge >= 0.3 is 6.09 Å². The van der Waals surface area contributed by atoms with Gasteiger partial charge in [0.05, 0.1) is 4.92 Å². The number of carbonyl (C=O) groups is 1. The van der Waals surface area contributed by atoms with E-state index in [1.54, 1.807) is 0 Å². The molecule has 1 N–H and O–H groups in total. The summed E-state index contributed by atoms with van der Waals surface area (Å²) in [6, 6.07) is 15.9. The maximum atomic E-state index is 11.7. The smallest absolute Gasteiger partial charge is 0.411 e. The van der Waals surface area contributed by atoms with Crippen LogP contribution in [0.3, 0.4) is 0 Å². The minimum atomic E-state index is -0.573. The van der Waals surface area contributed by atoms with Crippen molar-refractivity contribution in [1.29, 1.82) is 0 Å². The van der Waals surface area contributed by atoms with Crippen molar-refractivity contribution in [1.82, 2.24) is 4.90 Å². The Balaban J connectivity index is 1.60. The zero-order valence-electron chi connectivity index (χ0n) is 14.8. The van der Waals surface area contributed by atoms with Crippen LogP contribution in [-0.4, -0.2) is 42.7 Å². The van der Waals surface area contributed by atoms with Gasteiger partial charge in [0.15, 0.2) is 0 Å². The average Bonchev–Trinajstić information content (AvgIpc) is 2.63. The lowest BCUT2D eigenvalue weighted by molar-refractivity contribution is -0.384. The first-order chi connectivity index (χ1) is 12.5. The zero-order chi connectivity index (χ0) is 18.8. The van der Waals surface area contributed by atoms with Crippen LogP contribution in [0.5, 0.6) is 0 Å². The van der Waals surface area contributed by atoms with E-state index in [1.165, 1.54) is 29.8 Å². The molecule has 0 heterocycles. The van der Waals surface area contributed by atoms with Gasteiger partial charge in [-0.2, -0.15) is 0 Å². The van der Waals surface area contributed by atoms with Crippen LogP contribution < -0.4 is 5.32 Å². The van der Waals surface area contributed by atoms with E-state index in [4.69, 9.17) is 4.74 Å². The molecule has 0 radical (unpaired) electrons. The van der Waals surface area contributed by atoms with Gasteiger partial charge in [-0.3, -0.25) is 15.4 Å². The van der Waals surface area contributed by atoms with E-state index in [0.717, 1.165) is 19.4 Å². The maximum absolute atomic E-state index is 11.7. The molecule has 2 aromatic carbocycles. The number of likely N-dealkylation sites (N-methyl/N-ethyl adjacent to an activating group) is 1. The number of nitro groups is 1. The van der Waals surface area contributed by atoms with Crippen LogP contribution in [0.2, 0.25) is 0 Å². The minimum absolute atomic E-state index is 0.0268. The van der Waals surface area contributed by atoms with Crippen molar-refractivity contribution in [3.63, 3.8) is 0 Å². The van der Waals surface area contributed by atoms with Gasteiger partial charge in [-0.1, -0.05) is 30.3 Å². The Morgan fingerprint density at radius 3 is 2.46 bits per heavy atom. The van der Waals surface area contributed by atoms with Gasteiger partial charge < -0.3 is 9.64 Å². The minimum Gasteiger partial charge on any atom is -0.448 e. The summed E-state index contributed by atoms with van der Waals surface area (Å²) in [5.74, 6) is 0. The lowest BCUT2D eigenvalue weighted by Gasteiger charge is -2.16. The van der Waals surface area contributed by atoms with E-state index in [0.29, 0.717) is 12.2 Å². The number of nitrogens with zero attached hydrogens (tertiary/aromatic N) is 2. The topological polar surface area (TPSA) is 84.7 Å². The largest absolute Gasteiger partial charge is 0.448 e. The predicted octanol–water partition coefficient (Wildman–Crippen LogP) is 3.71. The van der Waals surface area contributed by atoms with Gasteiger partial charge in [0.25, 0.3) is 5.69 Å². The number of rotatable bonds is 9. The number of non-ortho nitro benzene ring substituents is 1. The number of carbonyl (C=O) groups excluding carboxylic acids is 1. The molecule has 2 aromatic rings. The van der Waals surface area contributed by atoms with Crippen molar-refractivity contribution in [3.05, 3.63) is 70.3 Å². The molecule has 26 heavy (non-hydrogen) atoms. The molecule has 0 bridgehead atoms. The molecule has 0 aliphatic rings. The van der Waals surface area contributed by atoms with Crippen LogP contribution in [-0.2, 0) is 11.2 Å². The quantitative estimate of drug-likeness (QED) is 0.546. The Bertz CT molecular complexity index is 704. The van der Waals surface area contributed by atoms with Gasteiger partial charge in [-0.25, -0.2) is 4.79 Å². The third-order valence-electron chi connectivity index (χ3n) is 3.88. The number of hydrogen-bond donors (Lipinski definition) is 1. The molecule has 0 unspecified atom stereocenters. The van der Waals surface area contributed by atoms with E-state index in [9.17, 15) is 14.9 Å². The Morgan fingerprint density at radius 2 is 1.81 bits per heavy atom. The monoisotopic (exact) mass is 357 g/mol. The molecule has 0 saturated carbocycles. The SMILES string of the molecule is CN(CCCc1ccccc1)CCOC(=O)Nc1ccc([N+](=O)[O-])cc1. The van der Waals surface area contributed by atoms with Crippen LogP contribution in [0, 0.1) is 10.1 Å². The number of anilines is 1. The molecule has 2 rings (SSSR count). The Morgan fingerprint density at radius 1 is 1.12 bits per heavy atom. The van der Waals surface area contributed by atoms with Crippen molar-refractivity contribution in [2.75, 3.05) is 32.1 Å². The van der Waals surface area contributed by atoms with Crippen molar-refractivity contribution in [2.45, 2.75) is 12.8 Å². The number of aryl methyl sites for hydroxylation is 1. The number of nitrogens with one attached hydrogen (secondary N) is 1. The predicted molar refractivity (Wildman–Crippen MR) is 100 cm³/mol. The second kappa shape index (κ2) is 10.1. The van der Waals surface area contributed by atoms with Crippen molar-refractivity contribution in [2.24, 2.45) is 0 Å². The number of amides is 1. The fourth-order valence-electron chi connectivity index (χ4n) is 2.42. The third-order valence-corrected chi connectivity index (χ3v) is 3.88. The molecular formula is C19H23N3O4. The van der Waals surface area contributed by atoms with Crippen LogP contribution in [0.25, 0.3) is 0 Å². The van der Waals surface area contributed by atoms with Gasteiger partial charge in [0.2, 0.25) is 0 Å². The van der Waals surface area contributed by atoms with Gasteiger partial charge in [-0.15, -0.1) is 0 Å². The number of hydrogen-bond acceptors (Lipinski definition) is 5. The van der Waals surface area contributed by atoms with Gasteiger partial charge in [0, 0.05) is 24.4 Å². The standard InChI is InChI=1S/C19H23N3O4/c1-21(13-5-8-16-6-3-2-4-7-16)14-15-26-19(23)20-17-9-11-18(12-10-17)22(24)25/h2-4,6-7,9-12H,5,8,13-15H2,1H3,(H,20,23). The molecule has 7 heteroatoms. The number of nitro benzene ring substituents is 1. The molecular weight excluding hydrogens is 334 g/mol. The van der Waals surface area contributed by atoms with Crippen molar-refractivity contribution >= 4 is 17.5 Å². The Labute approximate surface area is 152 Å². The summed E-state index contributed by atoms with van der Waals surface area (Å²) in [6.07, 6.45) is 1.49. The van der Waals surface area contributed by atoms with E-state index < -0.39 is 11.0 Å². The zero-order valence-corrected chi connectivity index (χ0v) is 14.8. The van der Waals surface area contributed by atoms with Crippen molar-refractivity contribution in [3.8, 4) is 0 Å². The van der Waals surface area contributed by atoms with Crippen LogP contribution >= 0.6 is 0 Å². The summed E-state index contributed by atoms with van der Waals surface area (Å²) in [7, 11) is 1.99. The first kappa shape index (κ1) is 19.4. The molecule has 1 amide bonds. The molecule has 138 valence electrons. The fourth-order valence-corrected chi connectivity index (χ4v) is 2.42. The molecule has 0 aliphatic heterocycles. The Kier molecular flexibility index (Phi) is 7.57. The van der Waals surface area contributed by atoms with E-state index in [-0.39, 0.29) is 12.3 Å². The average molecular weight is 357 g/mol. The third kappa shape index (κ3) is 6.90. The highest BCUT2D eigenvalue weighted by Crippen LogP contribution is 2.15. The van der Waals surface area contributed by atoms with E-state index in [2.05, 4.69) is 22.3 Å². The highest BCUT2D eigenvalue weighted by Gasteiger charge is 2.07. The second-order valence-corrected chi connectivity index (χ2v) is 5.96. The van der Waals surface area contributed by atoms with Crippen LogP contribution in [0.4, 0.5) is 16.2 Å². The summed E-state index contributed by atoms with van der Waals surface area (Å²) in [5, 5.41) is 13.1. The molecule has 0 aromatic heterocycles. The Hall–Kier alpha value is -2.93. The summed E-state index contributed by atoms with van der Waals surface area (Å²) in [6.45, 7) is 1.84. The molecule has 0 saturated heterocycles. The van der Waals surface area contributed by atoms with Gasteiger partial charge in [-0.05, 0) is 44.1 Å². The number of benzene rings is 2. The molecule has 0 spiro atoms. The van der Waals surface area contributed by atoms with E-state index >= 15 is 0 Å². The lowest BCUT2D eigenvalue weighted by Crippen LogP contribution is -2.26. The molecule has 0 aliphatic carbocycles. The molecule has 0 fully saturated rings. The summed E-state index contributed by atoms with van der Waals surface area (Å²) < 4.78 is 5.13. The van der Waals surface area contributed by atoms with Gasteiger partial charge in [0.1, 0.15) is 6.61 Å².